The van der Waals surface area contributed by atoms with Gasteiger partial charge in [0.1, 0.15) is 17.2 Å². The Kier molecular flexibility index (Phi) is 4.82. The lowest BCUT2D eigenvalue weighted by Gasteiger charge is -2.16. The van der Waals surface area contributed by atoms with Crippen LogP contribution in [0.4, 0.5) is 4.79 Å². The van der Waals surface area contributed by atoms with Gasteiger partial charge in [-0.15, -0.1) is 4.99 Å². The van der Waals surface area contributed by atoms with E-state index in [-0.39, 0.29) is 11.3 Å². The predicted molar refractivity (Wildman–Crippen MR) is 68.9 cm³/mol. The molecule has 7 nitrogen and oxygen atoms in total. The number of carboxylic acid groups (broad SMARTS) is 1. The molecule has 0 radical (unpaired) electrons. The van der Waals surface area contributed by atoms with Gasteiger partial charge in [0.05, 0.1) is 0 Å². The first-order chi connectivity index (χ1) is 8.71. The van der Waals surface area contributed by atoms with Crippen LogP contribution in [0.3, 0.4) is 0 Å². The van der Waals surface area contributed by atoms with Crippen molar-refractivity contribution in [3.05, 3.63) is 9.81 Å². The first-order valence-electron chi connectivity index (χ1n) is 5.77. The second kappa shape index (κ2) is 5.96. The lowest BCUT2D eigenvalue weighted by Crippen LogP contribution is -2.26. The van der Waals surface area contributed by atoms with Crippen LogP contribution in [-0.4, -0.2) is 32.6 Å². The first-order valence-corrected chi connectivity index (χ1v) is 6.59. The zero-order valence-electron chi connectivity index (χ0n) is 11.3. The molecule has 106 valence electrons. The maximum absolute atomic E-state index is 11.6. The highest BCUT2D eigenvalue weighted by Gasteiger charge is 2.16. The summed E-state index contributed by atoms with van der Waals surface area (Å²) in [4.78, 5) is 26.3. The number of hydrogen-bond donors (Lipinski definition) is 1. The summed E-state index contributed by atoms with van der Waals surface area (Å²) in [6.45, 7) is 6.75. The smallest absolute Gasteiger partial charge is 0.436 e. The van der Waals surface area contributed by atoms with Crippen molar-refractivity contribution >= 4 is 23.4 Å². The lowest BCUT2D eigenvalue weighted by atomic mass is 10.2. The Labute approximate surface area is 114 Å². The van der Waals surface area contributed by atoms with Crippen molar-refractivity contribution in [1.29, 1.82) is 0 Å². The Morgan fingerprint density at radius 2 is 2.11 bits per heavy atom. The monoisotopic (exact) mass is 287 g/mol. The van der Waals surface area contributed by atoms with Gasteiger partial charge in [0.2, 0.25) is 4.80 Å². The highest BCUT2D eigenvalue weighted by atomic mass is 32.1. The molecule has 0 saturated carbocycles. The zero-order chi connectivity index (χ0) is 14.6. The van der Waals surface area contributed by atoms with Gasteiger partial charge in [0.15, 0.2) is 0 Å². The number of aromatic nitrogens is 2. The molecular weight excluding hydrogens is 270 g/mol. The molecule has 0 aliphatic rings. The molecule has 1 aromatic rings. The summed E-state index contributed by atoms with van der Waals surface area (Å²) in [5, 5.41) is 13.6. The molecule has 8 heteroatoms. The van der Waals surface area contributed by atoms with Gasteiger partial charge in [0, 0.05) is 0 Å². The molecule has 0 atom stereocenters. The summed E-state index contributed by atoms with van der Waals surface area (Å²) in [5.74, 6) is -1.04. The molecule has 0 fully saturated rings. The Morgan fingerprint density at radius 3 is 2.58 bits per heavy atom. The second-order valence-electron chi connectivity index (χ2n) is 4.78. The minimum atomic E-state index is -1.04. The van der Waals surface area contributed by atoms with Gasteiger partial charge in [-0.05, 0) is 27.2 Å². The largest absolute Gasteiger partial charge is 0.480 e. The van der Waals surface area contributed by atoms with Crippen LogP contribution in [0.25, 0.3) is 0 Å². The van der Waals surface area contributed by atoms with Crippen LogP contribution in [0, 0.1) is 0 Å². The number of nitrogens with zero attached hydrogens (tertiary/aromatic N) is 3. The molecule has 0 aliphatic carbocycles. The Morgan fingerprint density at radius 1 is 1.47 bits per heavy atom. The van der Waals surface area contributed by atoms with E-state index in [1.165, 1.54) is 16.0 Å². The number of aryl methyl sites for hydroxylation is 1. The SMILES string of the molecule is CCc1nn(CC(=O)O)c(=NC(=O)OC(C)(C)C)s1. The molecule has 19 heavy (non-hydrogen) atoms. The lowest BCUT2D eigenvalue weighted by molar-refractivity contribution is -0.138. The van der Waals surface area contributed by atoms with Gasteiger partial charge in [-0.2, -0.15) is 5.10 Å². The molecule has 0 spiro atoms. The van der Waals surface area contributed by atoms with Crippen LogP contribution in [0.1, 0.15) is 32.7 Å². The molecule has 0 aliphatic heterocycles. The quantitative estimate of drug-likeness (QED) is 0.907. The Bertz CT molecular complexity index is 539. The Hall–Kier alpha value is -1.70. The minimum absolute atomic E-state index is 0.230. The van der Waals surface area contributed by atoms with E-state index < -0.39 is 17.7 Å². The van der Waals surface area contributed by atoms with Gasteiger partial charge in [0.25, 0.3) is 0 Å². The molecule has 0 aromatic carbocycles. The van der Waals surface area contributed by atoms with Gasteiger partial charge >= 0.3 is 12.1 Å². The van der Waals surface area contributed by atoms with Crippen LogP contribution in [0.5, 0.6) is 0 Å². The van der Waals surface area contributed by atoms with Crippen LogP contribution in [0.15, 0.2) is 4.99 Å². The molecular formula is C11H17N3O4S. The topological polar surface area (TPSA) is 93.8 Å². The fourth-order valence-electron chi connectivity index (χ4n) is 1.17. The van der Waals surface area contributed by atoms with E-state index in [1.807, 2.05) is 6.92 Å². The molecule has 1 aromatic heterocycles. The molecule has 1 amide bonds. The van der Waals surface area contributed by atoms with Crippen molar-refractivity contribution in [2.45, 2.75) is 46.3 Å². The Balaban J connectivity index is 3.06. The van der Waals surface area contributed by atoms with E-state index in [0.29, 0.717) is 11.4 Å². The van der Waals surface area contributed by atoms with Crippen molar-refractivity contribution in [3.63, 3.8) is 0 Å². The zero-order valence-corrected chi connectivity index (χ0v) is 12.2. The van der Waals surface area contributed by atoms with E-state index in [2.05, 4.69) is 10.1 Å². The summed E-state index contributed by atoms with van der Waals surface area (Å²) in [6.07, 6.45) is -0.105. The standard InChI is InChI=1S/C11H17N3O4S/c1-5-7-13-14(6-8(15)16)9(19-7)12-10(17)18-11(2,3)4/h5-6H2,1-4H3,(H,15,16). The third kappa shape index (κ3) is 5.21. The summed E-state index contributed by atoms with van der Waals surface area (Å²) in [5.41, 5.74) is -0.642. The van der Waals surface area contributed by atoms with E-state index >= 15 is 0 Å². The fraction of sp³-hybridized carbons (Fsp3) is 0.636. The fourth-order valence-corrected chi connectivity index (χ4v) is 2.00. The summed E-state index contributed by atoms with van der Waals surface area (Å²) in [6, 6.07) is 0. The van der Waals surface area contributed by atoms with E-state index in [1.54, 1.807) is 20.8 Å². The van der Waals surface area contributed by atoms with Crippen molar-refractivity contribution in [3.8, 4) is 0 Å². The number of hydrogen-bond acceptors (Lipinski definition) is 5. The van der Waals surface area contributed by atoms with Gasteiger partial charge < -0.3 is 9.84 Å². The average molecular weight is 287 g/mol. The maximum atomic E-state index is 11.6. The molecule has 1 N–H and O–H groups in total. The van der Waals surface area contributed by atoms with Crippen molar-refractivity contribution < 1.29 is 19.4 Å². The predicted octanol–water partition coefficient (Wildman–Crippen LogP) is 1.43. The number of rotatable bonds is 3. The second-order valence-corrected chi connectivity index (χ2v) is 5.82. The van der Waals surface area contributed by atoms with E-state index in [9.17, 15) is 9.59 Å². The summed E-state index contributed by atoms with van der Waals surface area (Å²) < 4.78 is 6.25. The highest BCUT2D eigenvalue weighted by Crippen LogP contribution is 2.08. The van der Waals surface area contributed by atoms with Crippen LogP contribution < -0.4 is 4.80 Å². The number of carbonyl (C=O) groups is 2. The van der Waals surface area contributed by atoms with Crippen LogP contribution in [0.2, 0.25) is 0 Å². The number of ether oxygens (including phenoxy) is 1. The third-order valence-electron chi connectivity index (χ3n) is 1.83. The molecule has 0 unspecified atom stereocenters. The van der Waals surface area contributed by atoms with Crippen LogP contribution >= 0.6 is 11.3 Å². The van der Waals surface area contributed by atoms with Gasteiger partial charge in [-0.1, -0.05) is 18.3 Å². The van der Waals surface area contributed by atoms with Crippen LogP contribution in [-0.2, 0) is 22.5 Å². The number of carbonyl (C=O) groups excluding carboxylic acids is 1. The van der Waals surface area contributed by atoms with Gasteiger partial charge in [-0.25, -0.2) is 9.48 Å². The number of carboxylic acids is 1. The normalized spacial score (nSPS) is 12.5. The average Bonchev–Trinajstić information content (AvgIpc) is 2.57. The highest BCUT2D eigenvalue weighted by molar-refractivity contribution is 7.08. The number of aliphatic carboxylic acids is 1. The summed E-state index contributed by atoms with van der Waals surface area (Å²) >= 11 is 1.18. The third-order valence-corrected chi connectivity index (χ3v) is 2.92. The maximum Gasteiger partial charge on any atom is 0.436 e. The molecule has 0 saturated heterocycles. The minimum Gasteiger partial charge on any atom is -0.480 e. The molecule has 1 heterocycles. The van der Waals surface area contributed by atoms with Crippen molar-refractivity contribution in [2.24, 2.45) is 4.99 Å². The van der Waals surface area contributed by atoms with E-state index in [4.69, 9.17) is 9.84 Å². The molecule has 1 rings (SSSR count). The van der Waals surface area contributed by atoms with Crippen molar-refractivity contribution in [1.82, 2.24) is 9.78 Å². The first kappa shape index (κ1) is 15.4. The number of amides is 1. The van der Waals surface area contributed by atoms with E-state index in [0.717, 1.165) is 0 Å². The van der Waals surface area contributed by atoms with Gasteiger partial charge in [-0.3, -0.25) is 4.79 Å². The molecule has 0 bridgehead atoms. The van der Waals surface area contributed by atoms with Crippen molar-refractivity contribution in [2.75, 3.05) is 0 Å². The summed E-state index contributed by atoms with van der Waals surface area (Å²) in [7, 11) is 0.